The van der Waals surface area contributed by atoms with Crippen molar-refractivity contribution in [2.45, 2.75) is 24.3 Å². The normalized spacial score (nSPS) is 15.8. The summed E-state index contributed by atoms with van der Waals surface area (Å²) in [5, 5.41) is 4.59. The molecule has 3 aromatic rings. The summed E-state index contributed by atoms with van der Waals surface area (Å²) in [5.74, 6) is -2.82. The minimum atomic E-state index is -1.70. The Labute approximate surface area is 207 Å². The molecule has 1 atom stereocenters. The fraction of sp³-hybridized carbons (Fsp3) is 0.333. The van der Waals surface area contributed by atoms with E-state index in [2.05, 4.69) is 15.5 Å². The number of aromatic nitrogens is 2. The van der Waals surface area contributed by atoms with Gasteiger partial charge in [-0.05, 0) is 43.9 Å². The van der Waals surface area contributed by atoms with Crippen molar-refractivity contribution in [2.24, 2.45) is 0 Å². The standard InChI is InChI=1S/C24H26F2N4O5S/c1-5-34-20-7-6-14-17(28-20)8-9-30(24(33)18-12-19(31)29-35-18)21(14)23(32)27-13-10-15(25)22(16(26)11-13)36(2,3)4/h6-7,10-12,21H,5,8-9H2,1-4H3,(H,27,32)(H,29,31)/t21-/m1/s1. The van der Waals surface area contributed by atoms with Gasteiger partial charge in [0.05, 0.1) is 23.3 Å². The zero-order valence-electron chi connectivity index (χ0n) is 20.2. The van der Waals surface area contributed by atoms with E-state index in [0.29, 0.717) is 30.2 Å². The maximum atomic E-state index is 14.8. The Morgan fingerprint density at radius 2 is 1.92 bits per heavy atom. The summed E-state index contributed by atoms with van der Waals surface area (Å²) in [5.41, 5.74) is 0.274. The van der Waals surface area contributed by atoms with E-state index in [1.807, 2.05) is 6.92 Å². The highest BCUT2D eigenvalue weighted by molar-refractivity contribution is 8.32. The SMILES string of the molecule is CCOc1ccc2c(n1)CCN(C(=O)c1cc(=O)[nH]o1)[C@H]2C(=O)Nc1cc(F)c(S(C)(C)C)c(F)c1. The molecule has 4 rings (SSSR count). The number of carbonyl (C=O) groups excluding carboxylic acids is 2. The van der Waals surface area contributed by atoms with Crippen LogP contribution in [-0.4, -0.2) is 58.8 Å². The number of rotatable bonds is 6. The van der Waals surface area contributed by atoms with Gasteiger partial charge in [-0.2, -0.15) is 5.16 Å². The molecule has 0 bridgehead atoms. The van der Waals surface area contributed by atoms with Gasteiger partial charge in [-0.1, -0.05) is 0 Å². The van der Waals surface area contributed by atoms with Gasteiger partial charge in [-0.15, -0.1) is 0 Å². The first-order chi connectivity index (χ1) is 17.0. The predicted molar refractivity (Wildman–Crippen MR) is 131 cm³/mol. The van der Waals surface area contributed by atoms with Crippen LogP contribution in [0.3, 0.4) is 0 Å². The number of fused-ring (bicyclic) bond motifs is 1. The lowest BCUT2D eigenvalue weighted by Gasteiger charge is -2.35. The molecule has 1 aliphatic heterocycles. The Morgan fingerprint density at radius 1 is 1.22 bits per heavy atom. The van der Waals surface area contributed by atoms with Crippen LogP contribution < -0.4 is 15.6 Å². The summed E-state index contributed by atoms with van der Waals surface area (Å²) in [6.45, 7) is 2.29. The predicted octanol–water partition coefficient (Wildman–Crippen LogP) is 3.47. The van der Waals surface area contributed by atoms with Crippen molar-refractivity contribution in [2.75, 3.05) is 37.2 Å². The third-order valence-corrected chi connectivity index (χ3v) is 7.21. The Balaban J connectivity index is 1.72. The van der Waals surface area contributed by atoms with Crippen molar-refractivity contribution in [1.82, 2.24) is 15.0 Å². The van der Waals surface area contributed by atoms with E-state index in [0.717, 1.165) is 18.2 Å². The Kier molecular flexibility index (Phi) is 6.90. The Morgan fingerprint density at radius 3 is 2.50 bits per heavy atom. The molecule has 2 aromatic heterocycles. The molecule has 0 unspecified atom stereocenters. The number of nitrogens with zero attached hydrogens (tertiary/aromatic N) is 2. The lowest BCUT2D eigenvalue weighted by atomic mass is 9.95. The number of H-pyrrole nitrogens is 1. The molecule has 1 aromatic carbocycles. The second-order valence-corrected chi connectivity index (χ2v) is 13.0. The third-order valence-electron chi connectivity index (χ3n) is 5.59. The smallest absolute Gasteiger partial charge is 0.293 e. The van der Waals surface area contributed by atoms with Gasteiger partial charge in [0.25, 0.3) is 17.4 Å². The van der Waals surface area contributed by atoms with Crippen LogP contribution in [0.1, 0.15) is 34.8 Å². The van der Waals surface area contributed by atoms with E-state index in [4.69, 9.17) is 9.26 Å². The average molecular weight is 521 g/mol. The van der Waals surface area contributed by atoms with Gasteiger partial charge < -0.3 is 19.5 Å². The molecule has 12 heteroatoms. The van der Waals surface area contributed by atoms with Gasteiger partial charge in [0.15, 0.2) is 0 Å². The van der Waals surface area contributed by atoms with E-state index in [9.17, 15) is 23.2 Å². The second kappa shape index (κ2) is 9.76. The van der Waals surface area contributed by atoms with Crippen LogP contribution in [0, 0.1) is 11.6 Å². The maximum Gasteiger partial charge on any atom is 0.293 e. The molecule has 192 valence electrons. The number of anilines is 1. The first-order valence-electron chi connectivity index (χ1n) is 11.1. The molecule has 0 radical (unpaired) electrons. The molecule has 0 aliphatic carbocycles. The van der Waals surface area contributed by atoms with Crippen LogP contribution >= 0.6 is 10.0 Å². The van der Waals surface area contributed by atoms with Crippen molar-refractivity contribution in [3.63, 3.8) is 0 Å². The van der Waals surface area contributed by atoms with E-state index < -0.39 is 45.1 Å². The van der Waals surface area contributed by atoms with Gasteiger partial charge in [0.1, 0.15) is 17.7 Å². The number of pyridine rings is 1. The van der Waals surface area contributed by atoms with E-state index in [-0.39, 0.29) is 22.9 Å². The number of nitrogens with one attached hydrogen (secondary N) is 2. The number of amides is 2. The molecule has 2 N–H and O–H groups in total. The summed E-state index contributed by atoms with van der Waals surface area (Å²) >= 11 is 0. The minimum absolute atomic E-state index is 0.0181. The summed E-state index contributed by atoms with van der Waals surface area (Å²) in [6, 6.07) is 5.11. The summed E-state index contributed by atoms with van der Waals surface area (Å²) in [4.78, 5) is 43.8. The third kappa shape index (κ3) is 4.99. The van der Waals surface area contributed by atoms with Gasteiger partial charge in [0, 0.05) is 30.3 Å². The summed E-state index contributed by atoms with van der Waals surface area (Å²) in [6.07, 6.45) is 5.60. The van der Waals surface area contributed by atoms with E-state index in [1.54, 1.807) is 30.9 Å². The van der Waals surface area contributed by atoms with Gasteiger partial charge in [-0.3, -0.25) is 14.4 Å². The number of ether oxygens (including phenoxy) is 1. The summed E-state index contributed by atoms with van der Waals surface area (Å²) < 4.78 is 40.0. The number of aromatic amines is 1. The van der Waals surface area contributed by atoms with Crippen LogP contribution in [0.15, 0.2) is 44.5 Å². The van der Waals surface area contributed by atoms with Crippen LogP contribution in [-0.2, 0) is 11.2 Å². The highest BCUT2D eigenvalue weighted by atomic mass is 32.3. The van der Waals surface area contributed by atoms with E-state index in [1.165, 1.54) is 4.90 Å². The molecule has 0 spiro atoms. The molecular weight excluding hydrogens is 494 g/mol. The number of benzene rings is 1. The lowest BCUT2D eigenvalue weighted by Crippen LogP contribution is -2.45. The number of carbonyl (C=O) groups is 2. The first-order valence-corrected chi connectivity index (χ1v) is 14.0. The Hall–Kier alpha value is -3.67. The van der Waals surface area contributed by atoms with Crippen molar-refractivity contribution in [3.8, 4) is 5.88 Å². The molecule has 0 fully saturated rings. The summed E-state index contributed by atoms with van der Waals surface area (Å²) in [7, 11) is -1.70. The monoisotopic (exact) mass is 520 g/mol. The Bertz CT molecular complexity index is 1360. The zero-order chi connectivity index (χ0) is 26.2. The average Bonchev–Trinajstić information content (AvgIpc) is 3.22. The first kappa shape index (κ1) is 25.4. The molecular formula is C24H26F2N4O5S. The van der Waals surface area contributed by atoms with Gasteiger partial charge in [-0.25, -0.2) is 23.8 Å². The molecule has 2 amide bonds. The van der Waals surface area contributed by atoms with Crippen LogP contribution in [0.4, 0.5) is 14.5 Å². The van der Waals surface area contributed by atoms with Gasteiger partial charge >= 0.3 is 0 Å². The molecule has 36 heavy (non-hydrogen) atoms. The second-order valence-electron chi connectivity index (χ2n) is 8.94. The van der Waals surface area contributed by atoms with Crippen molar-refractivity contribution >= 4 is 27.5 Å². The van der Waals surface area contributed by atoms with Gasteiger partial charge in [0.2, 0.25) is 11.6 Å². The molecule has 0 saturated carbocycles. The fourth-order valence-electron chi connectivity index (χ4n) is 4.15. The fourth-order valence-corrected chi connectivity index (χ4v) is 5.44. The van der Waals surface area contributed by atoms with Crippen molar-refractivity contribution < 1.29 is 27.6 Å². The molecule has 0 saturated heterocycles. The van der Waals surface area contributed by atoms with E-state index >= 15 is 0 Å². The largest absolute Gasteiger partial charge is 0.478 e. The minimum Gasteiger partial charge on any atom is -0.478 e. The number of hydrogen-bond donors (Lipinski definition) is 2. The quantitative estimate of drug-likeness (QED) is 0.514. The number of halogens is 2. The van der Waals surface area contributed by atoms with Crippen LogP contribution in [0.25, 0.3) is 0 Å². The molecule has 9 nitrogen and oxygen atoms in total. The topological polar surface area (TPSA) is 118 Å². The van der Waals surface area contributed by atoms with Crippen LogP contribution in [0.5, 0.6) is 5.88 Å². The lowest BCUT2D eigenvalue weighted by molar-refractivity contribution is -0.121. The van der Waals surface area contributed by atoms with Crippen molar-refractivity contribution in [3.05, 3.63) is 69.3 Å². The van der Waals surface area contributed by atoms with Crippen molar-refractivity contribution in [1.29, 1.82) is 0 Å². The van der Waals surface area contributed by atoms with Crippen LogP contribution in [0.2, 0.25) is 0 Å². The number of hydrogen-bond acceptors (Lipinski definition) is 6. The zero-order valence-corrected chi connectivity index (χ0v) is 21.0. The maximum absolute atomic E-state index is 14.8. The molecule has 3 heterocycles. The highest BCUT2D eigenvalue weighted by Crippen LogP contribution is 2.48. The molecule has 1 aliphatic rings. The highest BCUT2D eigenvalue weighted by Gasteiger charge is 2.38.